The van der Waals surface area contributed by atoms with E-state index in [1.807, 2.05) is 64.1 Å². The van der Waals surface area contributed by atoms with Gasteiger partial charge in [0.25, 0.3) is 0 Å². The highest BCUT2D eigenvalue weighted by Crippen LogP contribution is 1.90. The average Bonchev–Trinajstić information content (AvgIpc) is 2.37. The molecule has 0 saturated heterocycles. The largest absolute Gasteiger partial charge is 0.509 e. The summed E-state index contributed by atoms with van der Waals surface area (Å²) >= 11 is 0. The van der Waals surface area contributed by atoms with Crippen molar-refractivity contribution in [2.45, 2.75) is 41.5 Å². The zero-order valence-electron chi connectivity index (χ0n) is 11.4. The minimum absolute atomic E-state index is 0.0185. The number of rotatable bonds is 0. The lowest BCUT2D eigenvalue weighted by molar-refractivity contribution is 0.328. The highest BCUT2D eigenvalue weighted by Gasteiger charge is 1.82. The van der Waals surface area contributed by atoms with Crippen molar-refractivity contribution in [1.29, 1.82) is 0 Å². The number of benzene rings is 1. The van der Waals surface area contributed by atoms with Crippen LogP contribution in [0.3, 0.4) is 0 Å². The Labute approximate surface area is 100 Å². The quantitative estimate of drug-likeness (QED) is 0.605. The third kappa shape index (κ3) is 22.9. The summed E-state index contributed by atoms with van der Waals surface area (Å²) in [6.07, 6.45) is 0. The van der Waals surface area contributed by atoms with Crippen LogP contribution in [0.25, 0.3) is 0 Å². The van der Waals surface area contributed by atoms with Gasteiger partial charge in [0.05, 0.1) is 0 Å². The van der Waals surface area contributed by atoms with E-state index in [9.17, 15) is 0 Å². The van der Waals surface area contributed by atoms with Crippen LogP contribution in [0, 0.1) is 0 Å². The third-order valence-corrected chi connectivity index (χ3v) is 1.19. The van der Waals surface area contributed by atoms with Crippen molar-refractivity contribution in [1.82, 2.24) is 0 Å². The highest BCUT2D eigenvalue weighted by atomic mass is 16.3. The molecule has 94 valence electrons. The van der Waals surface area contributed by atoms with Crippen LogP contribution in [0.5, 0.6) is 0 Å². The number of hydrogen-bond acceptors (Lipinski definition) is 2. The van der Waals surface area contributed by atoms with Crippen molar-refractivity contribution >= 4 is 0 Å². The van der Waals surface area contributed by atoms with E-state index in [4.69, 9.17) is 10.2 Å². The van der Waals surface area contributed by atoms with Gasteiger partial charge in [0.2, 0.25) is 0 Å². The zero-order valence-corrected chi connectivity index (χ0v) is 11.4. The van der Waals surface area contributed by atoms with E-state index in [0.29, 0.717) is 0 Å². The second-order valence-electron chi connectivity index (χ2n) is 2.33. The molecule has 0 fully saturated rings. The molecule has 0 amide bonds. The van der Waals surface area contributed by atoms with Crippen LogP contribution in [0.15, 0.2) is 47.9 Å². The van der Waals surface area contributed by atoms with Crippen molar-refractivity contribution in [3.8, 4) is 0 Å². The van der Waals surface area contributed by atoms with Crippen LogP contribution in [-0.2, 0) is 0 Å². The van der Waals surface area contributed by atoms with Crippen molar-refractivity contribution < 1.29 is 10.2 Å². The Kier molecular flexibility index (Phi) is 24.0. The predicted molar refractivity (Wildman–Crippen MR) is 72.8 cm³/mol. The Bertz CT molecular complexity index is 183. The van der Waals surface area contributed by atoms with Gasteiger partial charge in [-0.3, -0.25) is 0 Å². The van der Waals surface area contributed by atoms with Crippen molar-refractivity contribution in [3.05, 3.63) is 47.9 Å². The van der Waals surface area contributed by atoms with Crippen molar-refractivity contribution in [3.63, 3.8) is 0 Å². The molecule has 1 aromatic rings. The maximum atomic E-state index is 8.26. The van der Waals surface area contributed by atoms with Crippen LogP contribution in [-0.4, -0.2) is 10.2 Å². The van der Waals surface area contributed by atoms with Gasteiger partial charge in [-0.25, -0.2) is 0 Å². The molecule has 1 aromatic carbocycles. The van der Waals surface area contributed by atoms with Gasteiger partial charge >= 0.3 is 0 Å². The van der Waals surface area contributed by atoms with Gasteiger partial charge in [-0.2, -0.15) is 0 Å². The molecule has 0 aliphatic heterocycles. The molecular weight excluding hydrogens is 200 g/mol. The van der Waals surface area contributed by atoms with Crippen molar-refractivity contribution in [2.24, 2.45) is 0 Å². The smallest absolute Gasteiger partial charge is 0.126 e. The molecule has 0 saturated carbocycles. The van der Waals surface area contributed by atoms with Crippen LogP contribution >= 0.6 is 0 Å². The first-order chi connectivity index (χ1) is 7.64. The Balaban J connectivity index is -0.000000162. The van der Waals surface area contributed by atoms with Crippen LogP contribution in [0.2, 0.25) is 0 Å². The lowest BCUT2D eigenvalue weighted by atomic mass is 10.4. The predicted octanol–water partition coefficient (Wildman–Crippen LogP) is 5.09. The number of aliphatic hydroxyl groups is 2. The molecule has 16 heavy (non-hydrogen) atoms. The Morgan fingerprint density at radius 1 is 0.562 bits per heavy atom. The van der Waals surface area contributed by atoms with Gasteiger partial charge in [0.1, 0.15) is 11.5 Å². The molecule has 2 N–H and O–H groups in total. The molecule has 0 aromatic heterocycles. The Hall–Kier alpha value is -1.44. The molecule has 0 atom stereocenters. The molecule has 0 aliphatic carbocycles. The van der Waals surface area contributed by atoms with E-state index >= 15 is 0 Å². The van der Waals surface area contributed by atoms with E-state index in [2.05, 4.69) is 0 Å². The van der Waals surface area contributed by atoms with Gasteiger partial charge in [-0.05, 0) is 13.8 Å². The second-order valence-corrected chi connectivity index (χ2v) is 2.33. The van der Waals surface area contributed by atoms with Gasteiger partial charge < -0.3 is 10.2 Å². The van der Waals surface area contributed by atoms with E-state index in [-0.39, 0.29) is 11.5 Å². The summed E-state index contributed by atoms with van der Waals surface area (Å²) in [6, 6.07) is 12.0. The molecule has 0 heterocycles. The standard InChI is InChI=1S/C6H6.C4H8O2.2C2H6/c1-2-4-6-5-3-1;1-3(5)4(2)6;2*1-2/h1-6H;5-6H,1-2H3;2*1-2H3/b;4-3-;;. The maximum Gasteiger partial charge on any atom is 0.126 e. The molecule has 0 unspecified atom stereocenters. The number of hydrogen-bond donors (Lipinski definition) is 2. The summed E-state index contributed by atoms with van der Waals surface area (Å²) in [5.41, 5.74) is 0. The fourth-order valence-electron chi connectivity index (χ4n) is 0.385. The lowest BCUT2D eigenvalue weighted by Crippen LogP contribution is -1.76. The summed E-state index contributed by atoms with van der Waals surface area (Å²) in [6.45, 7) is 10.9. The zero-order chi connectivity index (χ0) is 13.4. The minimum Gasteiger partial charge on any atom is -0.509 e. The average molecular weight is 226 g/mol. The summed E-state index contributed by atoms with van der Waals surface area (Å²) in [7, 11) is 0. The van der Waals surface area contributed by atoms with Crippen LogP contribution < -0.4 is 0 Å². The van der Waals surface area contributed by atoms with Gasteiger partial charge in [-0.1, -0.05) is 64.1 Å². The molecule has 0 aliphatic rings. The monoisotopic (exact) mass is 226 g/mol. The number of aliphatic hydroxyl groups excluding tert-OH is 2. The molecule has 2 heteroatoms. The van der Waals surface area contributed by atoms with Crippen LogP contribution in [0.4, 0.5) is 0 Å². The highest BCUT2D eigenvalue weighted by molar-refractivity contribution is 4.99. The first-order valence-electron chi connectivity index (χ1n) is 5.70. The number of allylic oxidation sites excluding steroid dienone is 2. The molecule has 0 spiro atoms. The van der Waals surface area contributed by atoms with E-state index < -0.39 is 0 Å². The molecule has 0 bridgehead atoms. The fourth-order valence-corrected chi connectivity index (χ4v) is 0.385. The SMILES string of the molecule is C/C(O)=C(\C)O.CC.CC.c1ccccc1. The Morgan fingerprint density at radius 2 is 0.688 bits per heavy atom. The molecule has 0 radical (unpaired) electrons. The van der Waals surface area contributed by atoms with E-state index in [0.717, 1.165) is 0 Å². The first-order valence-corrected chi connectivity index (χ1v) is 5.70. The summed E-state index contributed by atoms with van der Waals surface area (Å²) in [5, 5.41) is 16.5. The van der Waals surface area contributed by atoms with E-state index in [1.54, 1.807) is 0 Å². The summed E-state index contributed by atoms with van der Waals surface area (Å²) in [4.78, 5) is 0. The van der Waals surface area contributed by atoms with E-state index in [1.165, 1.54) is 13.8 Å². The molecular formula is C14H26O2. The Morgan fingerprint density at radius 3 is 0.750 bits per heavy atom. The minimum atomic E-state index is -0.0185. The van der Waals surface area contributed by atoms with Crippen molar-refractivity contribution in [2.75, 3.05) is 0 Å². The second kappa shape index (κ2) is 19.2. The van der Waals surface area contributed by atoms with Crippen LogP contribution in [0.1, 0.15) is 41.5 Å². The molecule has 2 nitrogen and oxygen atoms in total. The van der Waals surface area contributed by atoms with Gasteiger partial charge in [0, 0.05) is 0 Å². The first kappa shape index (κ1) is 20.0. The lowest BCUT2D eigenvalue weighted by Gasteiger charge is -1.86. The van der Waals surface area contributed by atoms with Gasteiger partial charge in [-0.15, -0.1) is 0 Å². The topological polar surface area (TPSA) is 40.5 Å². The summed E-state index contributed by atoms with van der Waals surface area (Å²) < 4.78 is 0. The maximum absolute atomic E-state index is 8.26. The normalized spacial score (nSPS) is 8.88. The van der Waals surface area contributed by atoms with Gasteiger partial charge in [0.15, 0.2) is 0 Å². The fraction of sp³-hybridized carbons (Fsp3) is 0.429. The molecule has 1 rings (SSSR count). The summed E-state index contributed by atoms with van der Waals surface area (Å²) in [5.74, 6) is -0.0370. The third-order valence-electron chi connectivity index (χ3n) is 1.19.